The number of aromatic amines is 1. The van der Waals surface area contributed by atoms with Crippen LogP contribution in [0.4, 0.5) is 0 Å². The summed E-state index contributed by atoms with van der Waals surface area (Å²) in [5.41, 5.74) is 4.90. The lowest BCUT2D eigenvalue weighted by molar-refractivity contribution is 0.0950. The highest BCUT2D eigenvalue weighted by Crippen LogP contribution is 2.22. The molecule has 25 heavy (non-hydrogen) atoms. The van der Waals surface area contributed by atoms with Gasteiger partial charge < -0.3 is 0 Å². The van der Waals surface area contributed by atoms with Crippen molar-refractivity contribution in [1.82, 2.24) is 15.6 Å². The van der Waals surface area contributed by atoms with Gasteiger partial charge in [-0.3, -0.25) is 9.89 Å². The standard InChI is InChI=1S/C17H11Cl3N4O/c18-12-4-2-11(3-5-12)15-8-16(23-22-15)17(25)24-21-9-10-1-6-13(19)14(20)7-10/h1-9H,(H,22,23)(H,24,25)/b21-9-. The van der Waals surface area contributed by atoms with Crippen molar-refractivity contribution in [3.63, 3.8) is 0 Å². The van der Waals surface area contributed by atoms with Crippen molar-refractivity contribution >= 4 is 46.9 Å². The van der Waals surface area contributed by atoms with E-state index in [0.29, 0.717) is 26.3 Å². The molecule has 0 radical (unpaired) electrons. The Labute approximate surface area is 158 Å². The number of halogens is 3. The fraction of sp³-hybridized carbons (Fsp3) is 0. The highest BCUT2D eigenvalue weighted by Gasteiger charge is 2.10. The summed E-state index contributed by atoms with van der Waals surface area (Å²) < 4.78 is 0. The summed E-state index contributed by atoms with van der Waals surface area (Å²) in [4.78, 5) is 12.1. The van der Waals surface area contributed by atoms with E-state index in [1.165, 1.54) is 6.21 Å². The lowest BCUT2D eigenvalue weighted by atomic mass is 10.1. The molecule has 0 bridgehead atoms. The zero-order chi connectivity index (χ0) is 17.8. The molecular formula is C17H11Cl3N4O. The van der Waals surface area contributed by atoms with Crippen LogP contribution in [-0.2, 0) is 0 Å². The third kappa shape index (κ3) is 4.39. The molecule has 1 aromatic heterocycles. The SMILES string of the molecule is O=C(N/N=C\c1ccc(Cl)c(Cl)c1)c1cc(-c2ccc(Cl)cc2)n[nH]1. The molecule has 126 valence electrons. The second kappa shape index (κ2) is 7.70. The van der Waals surface area contributed by atoms with Gasteiger partial charge in [0.2, 0.25) is 0 Å². The number of hydrazone groups is 1. The van der Waals surface area contributed by atoms with Gasteiger partial charge in [-0.2, -0.15) is 10.2 Å². The summed E-state index contributed by atoms with van der Waals surface area (Å²) in [5, 5.41) is 12.2. The maximum Gasteiger partial charge on any atom is 0.289 e. The summed E-state index contributed by atoms with van der Waals surface area (Å²) >= 11 is 17.6. The van der Waals surface area contributed by atoms with Crippen LogP contribution in [0.15, 0.2) is 53.6 Å². The fourth-order valence-corrected chi connectivity index (χ4v) is 2.46. The van der Waals surface area contributed by atoms with Gasteiger partial charge in [0.25, 0.3) is 5.91 Å². The number of hydrogen-bond donors (Lipinski definition) is 2. The van der Waals surface area contributed by atoms with Gasteiger partial charge in [0.05, 0.1) is 22.0 Å². The third-order valence-electron chi connectivity index (χ3n) is 3.29. The van der Waals surface area contributed by atoms with E-state index in [0.717, 1.165) is 5.56 Å². The molecule has 0 atom stereocenters. The van der Waals surface area contributed by atoms with Gasteiger partial charge in [0.15, 0.2) is 0 Å². The molecule has 1 heterocycles. The van der Waals surface area contributed by atoms with Gasteiger partial charge in [-0.15, -0.1) is 0 Å². The Morgan fingerprint density at radius 2 is 1.80 bits per heavy atom. The summed E-state index contributed by atoms with van der Waals surface area (Å²) in [6.45, 7) is 0. The monoisotopic (exact) mass is 392 g/mol. The van der Waals surface area contributed by atoms with Crippen LogP contribution in [0, 0.1) is 0 Å². The fourth-order valence-electron chi connectivity index (χ4n) is 2.02. The predicted molar refractivity (Wildman–Crippen MR) is 101 cm³/mol. The number of benzene rings is 2. The van der Waals surface area contributed by atoms with Gasteiger partial charge in [0.1, 0.15) is 5.69 Å². The van der Waals surface area contributed by atoms with Crippen LogP contribution >= 0.6 is 34.8 Å². The summed E-state index contributed by atoms with van der Waals surface area (Å²) in [7, 11) is 0. The highest BCUT2D eigenvalue weighted by atomic mass is 35.5. The van der Waals surface area contributed by atoms with Crippen LogP contribution in [0.3, 0.4) is 0 Å². The largest absolute Gasteiger partial charge is 0.289 e. The number of H-pyrrole nitrogens is 1. The Morgan fingerprint density at radius 3 is 2.52 bits per heavy atom. The van der Waals surface area contributed by atoms with Crippen LogP contribution < -0.4 is 5.43 Å². The van der Waals surface area contributed by atoms with E-state index >= 15 is 0 Å². The Hall–Kier alpha value is -2.34. The average Bonchev–Trinajstić information content (AvgIpc) is 3.09. The number of aromatic nitrogens is 2. The normalized spacial score (nSPS) is 11.0. The molecule has 0 aliphatic carbocycles. The quantitative estimate of drug-likeness (QED) is 0.494. The lowest BCUT2D eigenvalue weighted by Gasteiger charge is -1.98. The number of hydrogen-bond acceptors (Lipinski definition) is 3. The summed E-state index contributed by atoms with van der Waals surface area (Å²) in [6.07, 6.45) is 1.47. The molecule has 2 N–H and O–H groups in total. The molecule has 0 saturated heterocycles. The van der Waals surface area contributed by atoms with Crippen molar-refractivity contribution in [3.8, 4) is 11.3 Å². The van der Waals surface area contributed by atoms with E-state index in [9.17, 15) is 4.79 Å². The van der Waals surface area contributed by atoms with E-state index in [1.54, 1.807) is 36.4 Å². The number of amides is 1. The van der Waals surface area contributed by atoms with Gasteiger partial charge >= 0.3 is 0 Å². The highest BCUT2D eigenvalue weighted by molar-refractivity contribution is 6.42. The molecule has 3 rings (SSSR count). The maximum atomic E-state index is 12.1. The third-order valence-corrected chi connectivity index (χ3v) is 4.28. The molecule has 0 saturated carbocycles. The molecule has 0 spiro atoms. The maximum absolute atomic E-state index is 12.1. The van der Waals surface area contributed by atoms with Crippen LogP contribution in [0.2, 0.25) is 15.1 Å². The Balaban J connectivity index is 1.66. The summed E-state index contributed by atoms with van der Waals surface area (Å²) in [5.74, 6) is -0.413. The molecule has 3 aromatic rings. The van der Waals surface area contributed by atoms with E-state index in [1.807, 2.05) is 12.1 Å². The molecule has 1 amide bonds. The number of carbonyl (C=O) groups excluding carboxylic acids is 1. The number of rotatable bonds is 4. The van der Waals surface area contributed by atoms with E-state index in [2.05, 4.69) is 20.7 Å². The molecule has 0 aliphatic heterocycles. The minimum Gasteiger partial charge on any atom is -0.272 e. The van der Waals surface area contributed by atoms with Crippen LogP contribution in [0.25, 0.3) is 11.3 Å². The van der Waals surface area contributed by atoms with E-state index < -0.39 is 5.91 Å². The van der Waals surface area contributed by atoms with Crippen LogP contribution in [0.1, 0.15) is 16.1 Å². The predicted octanol–water partition coefficient (Wildman–Crippen LogP) is 4.80. The first-order chi connectivity index (χ1) is 12.0. The van der Waals surface area contributed by atoms with Crippen molar-refractivity contribution in [2.24, 2.45) is 5.10 Å². The number of carbonyl (C=O) groups is 1. The van der Waals surface area contributed by atoms with E-state index in [-0.39, 0.29) is 5.69 Å². The van der Waals surface area contributed by atoms with Gasteiger partial charge in [-0.25, -0.2) is 5.43 Å². The Morgan fingerprint density at radius 1 is 1.04 bits per heavy atom. The zero-order valence-electron chi connectivity index (χ0n) is 12.6. The Kier molecular flexibility index (Phi) is 5.38. The van der Waals surface area contributed by atoms with Crippen LogP contribution in [-0.4, -0.2) is 22.3 Å². The summed E-state index contributed by atoms with van der Waals surface area (Å²) in [6, 6.07) is 13.8. The van der Waals surface area contributed by atoms with Crippen molar-refractivity contribution < 1.29 is 4.79 Å². The molecule has 0 unspecified atom stereocenters. The second-order valence-corrected chi connectivity index (χ2v) is 6.30. The van der Waals surface area contributed by atoms with Crippen molar-refractivity contribution in [1.29, 1.82) is 0 Å². The van der Waals surface area contributed by atoms with Crippen molar-refractivity contribution in [3.05, 3.63) is 74.9 Å². The first-order valence-electron chi connectivity index (χ1n) is 7.13. The number of nitrogens with one attached hydrogen (secondary N) is 2. The smallest absolute Gasteiger partial charge is 0.272 e. The average molecular weight is 394 g/mol. The molecular weight excluding hydrogens is 383 g/mol. The molecule has 0 fully saturated rings. The topological polar surface area (TPSA) is 70.1 Å². The lowest BCUT2D eigenvalue weighted by Crippen LogP contribution is -2.17. The second-order valence-electron chi connectivity index (χ2n) is 5.05. The van der Waals surface area contributed by atoms with Crippen molar-refractivity contribution in [2.75, 3.05) is 0 Å². The minimum atomic E-state index is -0.413. The van der Waals surface area contributed by atoms with Gasteiger partial charge in [-0.1, -0.05) is 53.0 Å². The first-order valence-corrected chi connectivity index (χ1v) is 8.26. The Bertz CT molecular complexity index is 935. The van der Waals surface area contributed by atoms with Gasteiger partial charge in [-0.05, 0) is 35.9 Å². The van der Waals surface area contributed by atoms with Crippen molar-refractivity contribution in [2.45, 2.75) is 0 Å². The first kappa shape index (κ1) is 17.5. The molecule has 5 nitrogen and oxygen atoms in total. The van der Waals surface area contributed by atoms with Crippen LogP contribution in [0.5, 0.6) is 0 Å². The minimum absolute atomic E-state index is 0.288. The number of nitrogens with zero attached hydrogens (tertiary/aromatic N) is 2. The zero-order valence-corrected chi connectivity index (χ0v) is 14.9. The molecule has 0 aliphatic rings. The van der Waals surface area contributed by atoms with E-state index in [4.69, 9.17) is 34.8 Å². The van der Waals surface area contributed by atoms with Gasteiger partial charge in [0, 0.05) is 10.6 Å². The molecule has 2 aromatic carbocycles. The molecule has 8 heteroatoms.